The smallest absolute Gasteiger partial charge is 0.236 e. The minimum atomic E-state index is 0.243. The van der Waals surface area contributed by atoms with Crippen molar-refractivity contribution in [1.82, 2.24) is 14.7 Å². The van der Waals surface area contributed by atoms with E-state index in [4.69, 9.17) is 0 Å². The molecule has 0 unspecified atom stereocenters. The monoisotopic (exact) mass is 265 g/mol. The van der Waals surface area contributed by atoms with Crippen molar-refractivity contribution >= 4 is 5.91 Å². The highest BCUT2D eigenvalue weighted by atomic mass is 16.2. The van der Waals surface area contributed by atoms with Crippen LogP contribution >= 0.6 is 0 Å². The van der Waals surface area contributed by atoms with E-state index in [1.165, 1.54) is 38.8 Å². The van der Waals surface area contributed by atoms with Gasteiger partial charge in [-0.2, -0.15) is 0 Å². The van der Waals surface area contributed by atoms with Crippen LogP contribution in [0.4, 0.5) is 0 Å². The molecule has 2 saturated heterocycles. The lowest BCUT2D eigenvalue weighted by Gasteiger charge is -2.37. The molecule has 3 rings (SSSR count). The molecule has 0 aromatic heterocycles. The molecule has 3 aliphatic rings. The van der Waals surface area contributed by atoms with Crippen LogP contribution in [0.5, 0.6) is 0 Å². The molecule has 0 radical (unpaired) electrons. The van der Waals surface area contributed by atoms with Gasteiger partial charge in [-0.25, -0.2) is 0 Å². The summed E-state index contributed by atoms with van der Waals surface area (Å²) >= 11 is 0. The first-order valence-corrected chi connectivity index (χ1v) is 7.80. The topological polar surface area (TPSA) is 26.8 Å². The Morgan fingerprint density at radius 1 is 1.21 bits per heavy atom. The predicted molar refractivity (Wildman–Crippen MR) is 75.9 cm³/mol. The summed E-state index contributed by atoms with van der Waals surface area (Å²) in [6, 6.07) is 0.726. The summed E-state index contributed by atoms with van der Waals surface area (Å²) in [6.45, 7) is 5.45. The molecule has 2 heterocycles. The Balaban J connectivity index is 1.56. The average Bonchev–Trinajstić information content (AvgIpc) is 3.07. The van der Waals surface area contributed by atoms with E-state index >= 15 is 0 Å². The first-order valence-electron chi connectivity index (χ1n) is 7.80. The Kier molecular flexibility index (Phi) is 3.81. The molecule has 1 amide bonds. The van der Waals surface area contributed by atoms with Crippen molar-refractivity contribution in [3.63, 3.8) is 0 Å². The third-order valence-corrected chi connectivity index (χ3v) is 5.02. The molecule has 0 aromatic rings. The van der Waals surface area contributed by atoms with Gasteiger partial charge in [-0.3, -0.25) is 14.6 Å². The Hall–Kier alpha value is -0.610. The maximum Gasteiger partial charge on any atom is 0.236 e. The van der Waals surface area contributed by atoms with E-state index in [0.717, 1.165) is 31.0 Å². The molecule has 19 heavy (non-hydrogen) atoms. The van der Waals surface area contributed by atoms with Gasteiger partial charge in [-0.1, -0.05) is 0 Å². The molecule has 108 valence electrons. The van der Waals surface area contributed by atoms with Crippen molar-refractivity contribution in [1.29, 1.82) is 0 Å². The first kappa shape index (κ1) is 13.4. The second-order valence-electron chi connectivity index (χ2n) is 6.89. The van der Waals surface area contributed by atoms with Crippen LogP contribution < -0.4 is 0 Å². The number of fused-ring (bicyclic) bond motifs is 1. The quantitative estimate of drug-likeness (QED) is 0.755. The summed E-state index contributed by atoms with van der Waals surface area (Å²) in [5.74, 6) is 2.03. The van der Waals surface area contributed by atoms with E-state index in [1.54, 1.807) is 4.90 Å². The average molecular weight is 265 g/mol. The van der Waals surface area contributed by atoms with Crippen molar-refractivity contribution in [3.05, 3.63) is 0 Å². The van der Waals surface area contributed by atoms with Gasteiger partial charge in [-0.15, -0.1) is 0 Å². The van der Waals surface area contributed by atoms with Crippen molar-refractivity contribution in [2.75, 3.05) is 46.8 Å². The molecule has 1 aliphatic carbocycles. The van der Waals surface area contributed by atoms with Crippen LogP contribution in [0.15, 0.2) is 0 Å². The summed E-state index contributed by atoms with van der Waals surface area (Å²) in [5.41, 5.74) is 0. The van der Waals surface area contributed by atoms with Gasteiger partial charge in [-0.05, 0) is 44.1 Å². The fourth-order valence-electron chi connectivity index (χ4n) is 3.68. The Morgan fingerprint density at radius 2 is 2.00 bits per heavy atom. The lowest BCUT2D eigenvalue weighted by atomic mass is 9.92. The number of likely N-dealkylation sites (N-methyl/N-ethyl adjacent to an activating group) is 1. The minimum Gasteiger partial charge on any atom is -0.348 e. The van der Waals surface area contributed by atoms with Gasteiger partial charge in [0.15, 0.2) is 0 Å². The summed E-state index contributed by atoms with van der Waals surface area (Å²) < 4.78 is 0. The van der Waals surface area contributed by atoms with Crippen LogP contribution in [0, 0.1) is 11.8 Å². The van der Waals surface area contributed by atoms with Crippen molar-refractivity contribution in [2.24, 2.45) is 11.8 Å². The van der Waals surface area contributed by atoms with Crippen LogP contribution in [0.2, 0.25) is 0 Å². The number of carbonyl (C=O) groups excluding carboxylic acids is 1. The zero-order chi connectivity index (χ0) is 13.4. The van der Waals surface area contributed by atoms with Crippen LogP contribution in [0.1, 0.15) is 25.7 Å². The van der Waals surface area contributed by atoms with E-state index in [9.17, 15) is 4.79 Å². The lowest BCUT2D eigenvalue weighted by Crippen LogP contribution is -2.46. The van der Waals surface area contributed by atoms with Gasteiger partial charge in [0.05, 0.1) is 6.54 Å². The molecule has 4 nitrogen and oxygen atoms in total. The van der Waals surface area contributed by atoms with Gasteiger partial charge in [0.2, 0.25) is 5.91 Å². The molecule has 0 bridgehead atoms. The molecule has 0 spiro atoms. The van der Waals surface area contributed by atoms with Gasteiger partial charge in [0.25, 0.3) is 0 Å². The second kappa shape index (κ2) is 5.41. The number of piperidine rings is 1. The number of carbonyl (C=O) groups is 1. The zero-order valence-electron chi connectivity index (χ0n) is 12.3. The minimum absolute atomic E-state index is 0.243. The number of nitrogens with zero attached hydrogens (tertiary/aromatic N) is 3. The number of hydrogen-bond acceptors (Lipinski definition) is 3. The van der Waals surface area contributed by atoms with Crippen molar-refractivity contribution < 1.29 is 4.79 Å². The Bertz CT molecular complexity index is 340. The fraction of sp³-hybridized carbons (Fsp3) is 0.933. The summed E-state index contributed by atoms with van der Waals surface area (Å²) in [7, 11) is 3.70. The maximum atomic E-state index is 11.8. The summed E-state index contributed by atoms with van der Waals surface area (Å²) in [4.78, 5) is 18.7. The highest BCUT2D eigenvalue weighted by Gasteiger charge is 2.40. The number of rotatable bonds is 4. The molecule has 4 heteroatoms. The first-order chi connectivity index (χ1) is 9.13. The van der Waals surface area contributed by atoms with Gasteiger partial charge in [0.1, 0.15) is 0 Å². The van der Waals surface area contributed by atoms with E-state index in [0.29, 0.717) is 6.54 Å². The summed E-state index contributed by atoms with van der Waals surface area (Å²) in [5, 5.41) is 0. The fourth-order valence-corrected chi connectivity index (χ4v) is 3.68. The van der Waals surface area contributed by atoms with Gasteiger partial charge < -0.3 is 4.90 Å². The predicted octanol–water partition coefficient (Wildman–Crippen LogP) is 0.881. The SMILES string of the molecule is CN(C)C(=O)CN1C[C@@H]2CCCN(CC3CC3)[C@@H]2C1. The van der Waals surface area contributed by atoms with Crippen LogP contribution in [-0.2, 0) is 4.79 Å². The maximum absolute atomic E-state index is 11.8. The standard InChI is InChI=1S/C15H27N3O/c1-16(2)15(19)11-17-9-13-4-3-7-18(14(13)10-17)8-12-5-6-12/h12-14H,3-11H2,1-2H3/t13-,14+/m0/s1. The van der Waals surface area contributed by atoms with E-state index < -0.39 is 0 Å². The largest absolute Gasteiger partial charge is 0.348 e. The van der Waals surface area contributed by atoms with Crippen LogP contribution in [-0.4, -0.2) is 73.5 Å². The number of hydrogen-bond donors (Lipinski definition) is 0. The Labute approximate surface area is 116 Å². The Morgan fingerprint density at radius 3 is 2.68 bits per heavy atom. The molecule has 0 N–H and O–H groups in total. The molecule has 2 atom stereocenters. The molecule has 2 aliphatic heterocycles. The normalized spacial score (nSPS) is 32.3. The summed E-state index contributed by atoms with van der Waals surface area (Å²) in [6.07, 6.45) is 5.59. The molecular formula is C15H27N3O. The van der Waals surface area contributed by atoms with Gasteiger partial charge >= 0.3 is 0 Å². The third-order valence-electron chi connectivity index (χ3n) is 5.02. The zero-order valence-corrected chi connectivity index (χ0v) is 12.3. The second-order valence-corrected chi connectivity index (χ2v) is 6.89. The third kappa shape index (κ3) is 3.11. The van der Waals surface area contributed by atoms with E-state index in [-0.39, 0.29) is 5.91 Å². The van der Waals surface area contributed by atoms with Crippen molar-refractivity contribution in [3.8, 4) is 0 Å². The van der Waals surface area contributed by atoms with Crippen LogP contribution in [0.25, 0.3) is 0 Å². The highest BCUT2D eigenvalue weighted by Crippen LogP contribution is 2.35. The van der Waals surface area contributed by atoms with E-state index in [1.807, 2.05) is 14.1 Å². The highest BCUT2D eigenvalue weighted by molar-refractivity contribution is 5.77. The lowest BCUT2D eigenvalue weighted by molar-refractivity contribution is -0.129. The number of amides is 1. The van der Waals surface area contributed by atoms with Crippen LogP contribution in [0.3, 0.4) is 0 Å². The molecule has 3 fully saturated rings. The molecule has 0 aromatic carbocycles. The van der Waals surface area contributed by atoms with Crippen molar-refractivity contribution in [2.45, 2.75) is 31.7 Å². The van der Waals surface area contributed by atoms with Gasteiger partial charge in [0, 0.05) is 39.8 Å². The molecule has 1 saturated carbocycles. The molecular weight excluding hydrogens is 238 g/mol. The van der Waals surface area contributed by atoms with E-state index in [2.05, 4.69) is 9.80 Å². The number of likely N-dealkylation sites (tertiary alicyclic amines) is 2.